The summed E-state index contributed by atoms with van der Waals surface area (Å²) < 4.78 is 21.1. The second-order valence-electron chi connectivity index (χ2n) is 9.77. The molecule has 0 radical (unpaired) electrons. The number of fused-ring (bicyclic) bond motifs is 1. The van der Waals surface area contributed by atoms with Gasteiger partial charge in [0.1, 0.15) is 11.3 Å². The van der Waals surface area contributed by atoms with Gasteiger partial charge in [0.25, 0.3) is 0 Å². The largest absolute Gasteiger partial charge is 0.387 e. The molecule has 1 aliphatic rings. The topological polar surface area (TPSA) is 63.7 Å². The Bertz CT molecular complexity index is 1130. The van der Waals surface area contributed by atoms with Gasteiger partial charge in [0.05, 0.1) is 24.1 Å². The Balaban J connectivity index is 2.17. The Kier molecular flexibility index (Phi) is 9.45. The standard InChI is InChI=1S/C28H38ClFN4O/c1-7-8-9-23(25(29)13-32-20(6)31)21-10-24-27(17(2)3)22(12-33-28(24)26(30)11-21)14-34-18(4)15-35-16-19(34)5/h9-13,17-19H,7-8,14-16H2,1-6H3,(H2,31,32)/b23-9+,25-13+. The van der Waals surface area contributed by atoms with E-state index in [1.54, 1.807) is 6.92 Å². The first-order valence-electron chi connectivity index (χ1n) is 12.4. The van der Waals surface area contributed by atoms with Crippen molar-refractivity contribution < 1.29 is 9.13 Å². The summed E-state index contributed by atoms with van der Waals surface area (Å²) in [5, 5.41) is 1.25. The highest BCUT2D eigenvalue weighted by molar-refractivity contribution is 6.37. The molecule has 0 spiro atoms. The summed E-state index contributed by atoms with van der Waals surface area (Å²) in [5.41, 5.74) is 9.77. The first-order valence-corrected chi connectivity index (χ1v) is 12.8. The molecule has 2 unspecified atom stereocenters. The third-order valence-corrected chi connectivity index (χ3v) is 6.72. The van der Waals surface area contributed by atoms with Gasteiger partial charge >= 0.3 is 0 Å². The molecule has 0 aliphatic carbocycles. The predicted molar refractivity (Wildman–Crippen MR) is 145 cm³/mol. The van der Waals surface area contributed by atoms with E-state index in [1.165, 1.54) is 12.3 Å². The van der Waals surface area contributed by atoms with Crippen molar-refractivity contribution in [1.82, 2.24) is 9.88 Å². The number of hydrogen-bond donors (Lipinski definition) is 1. The quantitative estimate of drug-likeness (QED) is 0.247. The number of unbranched alkanes of at least 4 members (excludes halogenated alkanes) is 1. The minimum absolute atomic E-state index is 0.190. The maximum absolute atomic E-state index is 15.4. The van der Waals surface area contributed by atoms with Gasteiger partial charge in [0.2, 0.25) is 0 Å². The van der Waals surface area contributed by atoms with Crippen LogP contribution in [0.3, 0.4) is 0 Å². The molecule has 2 heterocycles. The van der Waals surface area contributed by atoms with Gasteiger partial charge in [-0.2, -0.15) is 0 Å². The van der Waals surface area contributed by atoms with Gasteiger partial charge in [-0.05, 0) is 67.5 Å². The number of halogens is 2. The average Bonchev–Trinajstić information content (AvgIpc) is 2.79. The van der Waals surface area contributed by atoms with Gasteiger partial charge in [0.15, 0.2) is 0 Å². The third kappa shape index (κ3) is 6.49. The lowest BCUT2D eigenvalue weighted by Crippen LogP contribution is -2.49. The molecule has 5 nitrogen and oxygen atoms in total. The van der Waals surface area contributed by atoms with Gasteiger partial charge < -0.3 is 10.5 Å². The molecular formula is C28H38ClFN4O. The molecule has 2 N–H and O–H groups in total. The Morgan fingerprint density at radius 2 is 2.00 bits per heavy atom. The smallest absolute Gasteiger partial charge is 0.150 e. The van der Waals surface area contributed by atoms with E-state index in [2.05, 4.69) is 49.5 Å². The van der Waals surface area contributed by atoms with Gasteiger partial charge in [-0.15, -0.1) is 0 Å². The number of hydrogen-bond acceptors (Lipinski definition) is 4. The summed E-state index contributed by atoms with van der Waals surface area (Å²) in [7, 11) is 0. The SMILES string of the molecule is CCC/C=C(/C(Cl)=C\N=C(C)N)c1cc(F)c2ncc(CN3C(C)COCC3C)c(C(C)C)c2c1. The fourth-order valence-corrected chi connectivity index (χ4v) is 4.93. The molecule has 7 heteroatoms. The zero-order valence-corrected chi connectivity index (χ0v) is 22.5. The molecule has 3 rings (SSSR count). The van der Waals surface area contributed by atoms with Crippen molar-refractivity contribution >= 4 is 33.9 Å². The van der Waals surface area contributed by atoms with E-state index in [9.17, 15) is 0 Å². The van der Waals surface area contributed by atoms with Crippen LogP contribution in [0.5, 0.6) is 0 Å². The maximum atomic E-state index is 15.4. The monoisotopic (exact) mass is 500 g/mol. The molecule has 1 fully saturated rings. The van der Waals surface area contributed by atoms with Crippen LogP contribution >= 0.6 is 11.6 Å². The Hall–Kier alpha value is -2.28. The maximum Gasteiger partial charge on any atom is 0.150 e. The average molecular weight is 501 g/mol. The number of nitrogens with two attached hydrogens (primary N) is 1. The van der Waals surface area contributed by atoms with E-state index < -0.39 is 0 Å². The van der Waals surface area contributed by atoms with E-state index >= 15 is 4.39 Å². The van der Waals surface area contributed by atoms with E-state index in [0.29, 0.717) is 47.2 Å². The molecule has 1 aliphatic heterocycles. The highest BCUT2D eigenvalue weighted by atomic mass is 35.5. The van der Waals surface area contributed by atoms with Crippen molar-refractivity contribution in [2.45, 2.75) is 78.9 Å². The number of rotatable bonds is 8. The van der Waals surface area contributed by atoms with Crippen LogP contribution in [-0.2, 0) is 11.3 Å². The Morgan fingerprint density at radius 1 is 1.31 bits per heavy atom. The van der Waals surface area contributed by atoms with Crippen molar-refractivity contribution in [3.05, 3.63) is 58.1 Å². The Morgan fingerprint density at radius 3 is 2.60 bits per heavy atom. The van der Waals surface area contributed by atoms with Crippen LogP contribution in [0.15, 0.2) is 40.6 Å². The van der Waals surface area contributed by atoms with Crippen LogP contribution in [0.25, 0.3) is 16.5 Å². The van der Waals surface area contributed by atoms with Crippen molar-refractivity contribution in [2.24, 2.45) is 10.7 Å². The van der Waals surface area contributed by atoms with Crippen LogP contribution < -0.4 is 5.73 Å². The number of nitrogens with zero attached hydrogens (tertiary/aromatic N) is 3. The van der Waals surface area contributed by atoms with Gasteiger partial charge in [-0.25, -0.2) is 9.38 Å². The lowest BCUT2D eigenvalue weighted by Gasteiger charge is -2.39. The molecule has 0 amide bonds. The summed E-state index contributed by atoms with van der Waals surface area (Å²) in [5.74, 6) is 0.241. The van der Waals surface area contributed by atoms with E-state index in [-0.39, 0.29) is 11.7 Å². The van der Waals surface area contributed by atoms with Crippen molar-refractivity contribution in [2.75, 3.05) is 13.2 Å². The fourth-order valence-electron chi connectivity index (χ4n) is 4.70. The molecule has 1 saturated heterocycles. The number of aromatic nitrogens is 1. The number of ether oxygens (including phenoxy) is 1. The minimum atomic E-state index is -0.357. The molecular weight excluding hydrogens is 463 g/mol. The zero-order valence-electron chi connectivity index (χ0n) is 21.7. The normalized spacial score (nSPS) is 20.8. The Labute approximate surface area is 213 Å². The second kappa shape index (κ2) is 12.1. The lowest BCUT2D eigenvalue weighted by atomic mass is 9.91. The number of amidine groups is 1. The zero-order chi connectivity index (χ0) is 25.7. The molecule has 1 aromatic carbocycles. The fraction of sp³-hybridized carbons (Fsp3) is 0.500. The number of pyridine rings is 1. The van der Waals surface area contributed by atoms with Crippen molar-refractivity contribution in [3.63, 3.8) is 0 Å². The van der Waals surface area contributed by atoms with Crippen LogP contribution in [0.2, 0.25) is 0 Å². The third-order valence-electron chi connectivity index (χ3n) is 6.42. The van der Waals surface area contributed by atoms with Crippen LogP contribution in [0.4, 0.5) is 4.39 Å². The summed E-state index contributed by atoms with van der Waals surface area (Å²) in [6.07, 6.45) is 7.16. The first-order chi connectivity index (χ1) is 16.6. The first kappa shape index (κ1) is 27.3. The number of morpholine rings is 1. The molecule has 190 valence electrons. The highest BCUT2D eigenvalue weighted by Gasteiger charge is 2.27. The van der Waals surface area contributed by atoms with Crippen LogP contribution in [-0.4, -0.2) is 41.0 Å². The van der Waals surface area contributed by atoms with Crippen LogP contribution in [0, 0.1) is 5.82 Å². The van der Waals surface area contributed by atoms with Gasteiger partial charge in [-0.3, -0.25) is 9.88 Å². The lowest BCUT2D eigenvalue weighted by molar-refractivity contribution is -0.0411. The predicted octanol–water partition coefficient (Wildman–Crippen LogP) is 6.75. The highest BCUT2D eigenvalue weighted by Crippen LogP contribution is 2.35. The summed E-state index contributed by atoms with van der Waals surface area (Å²) in [6, 6.07) is 4.14. The number of allylic oxidation sites excluding steroid dienone is 3. The van der Waals surface area contributed by atoms with Gasteiger partial charge in [-0.1, -0.05) is 44.9 Å². The molecule has 2 atom stereocenters. The van der Waals surface area contributed by atoms with Gasteiger partial charge in [0, 0.05) is 36.4 Å². The van der Waals surface area contributed by atoms with Crippen molar-refractivity contribution in [1.29, 1.82) is 0 Å². The summed E-state index contributed by atoms with van der Waals surface area (Å²) in [4.78, 5) is 11.2. The molecule has 0 saturated carbocycles. The number of benzene rings is 1. The van der Waals surface area contributed by atoms with Crippen molar-refractivity contribution in [3.8, 4) is 0 Å². The number of aliphatic imine (C=N–C) groups is 1. The second-order valence-corrected chi connectivity index (χ2v) is 10.2. The van der Waals surface area contributed by atoms with Crippen LogP contribution in [0.1, 0.15) is 77.0 Å². The molecule has 1 aromatic heterocycles. The minimum Gasteiger partial charge on any atom is -0.387 e. The van der Waals surface area contributed by atoms with E-state index in [0.717, 1.165) is 41.5 Å². The molecule has 2 aromatic rings. The van der Waals surface area contributed by atoms with E-state index in [1.807, 2.05) is 18.3 Å². The van der Waals surface area contributed by atoms with E-state index in [4.69, 9.17) is 22.1 Å². The summed E-state index contributed by atoms with van der Waals surface area (Å²) >= 11 is 6.63. The molecule has 0 bridgehead atoms. The summed E-state index contributed by atoms with van der Waals surface area (Å²) in [6.45, 7) is 14.6. The molecule has 35 heavy (non-hydrogen) atoms.